The molecule has 2 aromatic carbocycles. The Bertz CT molecular complexity index is 1260. The van der Waals surface area contributed by atoms with Gasteiger partial charge in [-0.05, 0) is 31.6 Å². The maximum Gasteiger partial charge on any atom is 0.123 e. The molecule has 0 bridgehead atoms. The molecule has 2 aromatic heterocycles. The number of fused-ring (bicyclic) bond motifs is 5. The van der Waals surface area contributed by atoms with Gasteiger partial charge in [0.2, 0.25) is 0 Å². The van der Waals surface area contributed by atoms with Gasteiger partial charge in [-0.3, -0.25) is 9.58 Å². The molecule has 0 amide bonds. The van der Waals surface area contributed by atoms with E-state index in [9.17, 15) is 5.11 Å². The summed E-state index contributed by atoms with van der Waals surface area (Å²) in [6.45, 7) is 9.50. The van der Waals surface area contributed by atoms with E-state index in [2.05, 4.69) is 95.3 Å². The zero-order valence-corrected chi connectivity index (χ0v) is 20.3. The Labute approximate surface area is 199 Å². The van der Waals surface area contributed by atoms with Crippen LogP contribution in [0.3, 0.4) is 0 Å². The topological polar surface area (TPSA) is 59.1 Å². The molecule has 7 heteroatoms. The number of likely N-dealkylation sites (N-methyl/N-ethyl adjacent to an activating group) is 1. The van der Waals surface area contributed by atoms with Gasteiger partial charge in [-0.15, -0.1) is 16.9 Å². The lowest BCUT2D eigenvalue weighted by Crippen LogP contribution is -2.39. The van der Waals surface area contributed by atoms with Crippen LogP contribution in [0.1, 0.15) is 43.7 Å². The van der Waals surface area contributed by atoms with Gasteiger partial charge >= 0.3 is 0 Å². The monoisotopic (exact) mass is 461 g/mol. The molecule has 0 aliphatic carbocycles. The van der Waals surface area contributed by atoms with Crippen LogP contribution in [-0.4, -0.2) is 48.9 Å². The Balaban J connectivity index is 1.71. The molecule has 0 saturated carbocycles. The molecule has 172 valence electrons. The van der Waals surface area contributed by atoms with Crippen LogP contribution >= 0.6 is 11.8 Å². The summed E-state index contributed by atoms with van der Waals surface area (Å²) >= 11 is 1.77. The van der Waals surface area contributed by atoms with Crippen molar-refractivity contribution in [3.05, 3.63) is 66.0 Å². The first kappa shape index (κ1) is 22.2. The minimum absolute atomic E-state index is 0.0725. The van der Waals surface area contributed by atoms with Gasteiger partial charge in [0.1, 0.15) is 11.9 Å². The number of aryl methyl sites for hydroxylation is 1. The lowest BCUT2D eigenvalue weighted by Gasteiger charge is -2.35. The molecule has 0 radical (unpaired) electrons. The van der Waals surface area contributed by atoms with Crippen LogP contribution in [0.5, 0.6) is 0 Å². The number of aliphatic hydroxyl groups is 1. The first-order valence-corrected chi connectivity index (χ1v) is 12.7. The molecule has 5 rings (SSSR count). The molecule has 2 unspecified atom stereocenters. The van der Waals surface area contributed by atoms with Gasteiger partial charge in [0.05, 0.1) is 23.7 Å². The van der Waals surface area contributed by atoms with Gasteiger partial charge in [0.25, 0.3) is 0 Å². The molecule has 3 heterocycles. The SMILES string of the molecule is CCCn1cc(Cn2c3c(c4ccccc42)C(C(O)N(CC)CC)Sc2ccccc2-3)nn1. The fourth-order valence-corrected chi connectivity index (χ4v) is 6.32. The molecular weight excluding hydrogens is 430 g/mol. The maximum absolute atomic E-state index is 11.5. The quantitative estimate of drug-likeness (QED) is 0.367. The number of rotatable bonds is 8. The predicted octanol–water partition coefficient (Wildman–Crippen LogP) is 5.17. The average molecular weight is 462 g/mol. The molecule has 2 atom stereocenters. The molecule has 0 spiro atoms. The van der Waals surface area contributed by atoms with E-state index in [1.807, 2.05) is 4.68 Å². The van der Waals surface area contributed by atoms with E-state index in [1.165, 1.54) is 32.6 Å². The summed E-state index contributed by atoms with van der Waals surface area (Å²) in [6, 6.07) is 17.1. The highest BCUT2D eigenvalue weighted by atomic mass is 32.2. The Kier molecular flexibility index (Phi) is 6.27. The zero-order valence-electron chi connectivity index (χ0n) is 19.5. The van der Waals surface area contributed by atoms with E-state index in [0.29, 0.717) is 6.54 Å². The minimum atomic E-state index is -0.568. The molecule has 1 aliphatic rings. The number of nitrogens with zero attached hydrogens (tertiary/aromatic N) is 5. The van der Waals surface area contributed by atoms with Gasteiger partial charge in [0, 0.05) is 33.5 Å². The highest BCUT2D eigenvalue weighted by Gasteiger charge is 2.37. The summed E-state index contributed by atoms with van der Waals surface area (Å²) in [4.78, 5) is 3.34. The summed E-state index contributed by atoms with van der Waals surface area (Å²) < 4.78 is 4.29. The van der Waals surface area contributed by atoms with Gasteiger partial charge in [-0.2, -0.15) is 0 Å². The van der Waals surface area contributed by atoms with E-state index in [1.54, 1.807) is 11.8 Å². The van der Waals surface area contributed by atoms with Crippen molar-refractivity contribution in [2.24, 2.45) is 0 Å². The van der Waals surface area contributed by atoms with Crippen molar-refractivity contribution in [2.45, 2.75) is 56.7 Å². The van der Waals surface area contributed by atoms with Gasteiger partial charge in [-0.1, -0.05) is 62.4 Å². The third-order valence-electron chi connectivity index (χ3n) is 6.51. The van der Waals surface area contributed by atoms with E-state index in [0.717, 1.165) is 31.7 Å². The Morgan fingerprint density at radius 1 is 1.06 bits per heavy atom. The van der Waals surface area contributed by atoms with Gasteiger partial charge < -0.3 is 9.67 Å². The molecule has 6 nitrogen and oxygen atoms in total. The normalized spacial score (nSPS) is 16.2. The van der Waals surface area contributed by atoms with Crippen molar-refractivity contribution in [1.82, 2.24) is 24.5 Å². The van der Waals surface area contributed by atoms with E-state index in [4.69, 9.17) is 0 Å². The number of hydrogen-bond donors (Lipinski definition) is 1. The minimum Gasteiger partial charge on any atom is -0.377 e. The fraction of sp³-hybridized carbons (Fsp3) is 0.385. The Morgan fingerprint density at radius 2 is 1.82 bits per heavy atom. The largest absolute Gasteiger partial charge is 0.377 e. The smallest absolute Gasteiger partial charge is 0.123 e. The number of benzene rings is 2. The highest BCUT2D eigenvalue weighted by Crippen LogP contribution is 2.54. The van der Waals surface area contributed by atoms with Crippen molar-refractivity contribution in [3.8, 4) is 11.3 Å². The maximum atomic E-state index is 11.5. The molecular formula is C26H31N5OS. The van der Waals surface area contributed by atoms with Crippen LogP contribution in [0, 0.1) is 0 Å². The number of thioether (sulfide) groups is 1. The van der Waals surface area contributed by atoms with E-state index in [-0.39, 0.29) is 5.25 Å². The number of aliphatic hydroxyl groups excluding tert-OH is 1. The summed E-state index contributed by atoms with van der Waals surface area (Å²) in [5.41, 5.74) is 5.74. The zero-order chi connectivity index (χ0) is 22.9. The van der Waals surface area contributed by atoms with Crippen LogP contribution in [0.25, 0.3) is 22.2 Å². The van der Waals surface area contributed by atoms with Crippen LogP contribution in [0.2, 0.25) is 0 Å². The molecule has 0 saturated heterocycles. The second-order valence-corrected chi connectivity index (χ2v) is 9.69. The van der Waals surface area contributed by atoms with Crippen LogP contribution in [0.4, 0.5) is 0 Å². The van der Waals surface area contributed by atoms with Crippen molar-refractivity contribution < 1.29 is 5.11 Å². The molecule has 33 heavy (non-hydrogen) atoms. The number of aromatic nitrogens is 4. The third kappa shape index (κ3) is 3.88. The summed E-state index contributed by atoms with van der Waals surface area (Å²) in [7, 11) is 0. The molecule has 1 aliphatic heterocycles. The molecule has 1 N–H and O–H groups in total. The lowest BCUT2D eigenvalue weighted by atomic mass is 10.00. The number of para-hydroxylation sites is 1. The van der Waals surface area contributed by atoms with Gasteiger partial charge in [0.15, 0.2) is 0 Å². The van der Waals surface area contributed by atoms with Crippen LogP contribution < -0.4 is 0 Å². The second-order valence-electron chi connectivity index (χ2n) is 8.51. The fourth-order valence-electron chi connectivity index (χ4n) is 4.94. The average Bonchev–Trinajstić information content (AvgIpc) is 3.42. The van der Waals surface area contributed by atoms with Crippen molar-refractivity contribution in [3.63, 3.8) is 0 Å². The van der Waals surface area contributed by atoms with Crippen LogP contribution in [0.15, 0.2) is 59.6 Å². The van der Waals surface area contributed by atoms with E-state index < -0.39 is 6.23 Å². The summed E-state index contributed by atoms with van der Waals surface area (Å²) in [6.07, 6.45) is 2.51. The Hall–Kier alpha value is -2.61. The highest BCUT2D eigenvalue weighted by molar-refractivity contribution is 7.99. The Morgan fingerprint density at radius 3 is 2.61 bits per heavy atom. The number of hydrogen-bond acceptors (Lipinski definition) is 5. The first-order valence-electron chi connectivity index (χ1n) is 11.8. The third-order valence-corrected chi connectivity index (χ3v) is 7.85. The van der Waals surface area contributed by atoms with Crippen molar-refractivity contribution in [1.29, 1.82) is 0 Å². The van der Waals surface area contributed by atoms with Crippen LogP contribution in [-0.2, 0) is 13.1 Å². The lowest BCUT2D eigenvalue weighted by molar-refractivity contribution is 0.00935. The predicted molar refractivity (Wildman–Crippen MR) is 134 cm³/mol. The standard InChI is InChI=1S/C26H31N5OS/c1-4-15-30-16-18(27-28-30)17-31-21-13-9-7-11-19(21)23-24(31)20-12-8-10-14-22(20)33-25(23)26(32)29(5-2)6-3/h7-14,16,25-26,32H,4-6,15,17H2,1-3H3. The summed E-state index contributed by atoms with van der Waals surface area (Å²) in [5.74, 6) is 0. The van der Waals surface area contributed by atoms with Crippen molar-refractivity contribution >= 4 is 22.7 Å². The summed E-state index contributed by atoms with van der Waals surface area (Å²) in [5, 5.41) is 21.4. The van der Waals surface area contributed by atoms with Crippen molar-refractivity contribution in [2.75, 3.05) is 13.1 Å². The van der Waals surface area contributed by atoms with Gasteiger partial charge in [-0.25, -0.2) is 0 Å². The molecule has 0 fully saturated rings. The first-order chi connectivity index (χ1) is 16.2. The molecule has 4 aromatic rings. The van der Waals surface area contributed by atoms with E-state index >= 15 is 0 Å². The second kappa shape index (κ2) is 9.33.